The lowest BCUT2D eigenvalue weighted by Gasteiger charge is -2.33. The molecule has 166 valence electrons. The molecule has 0 atom stereocenters. The Morgan fingerprint density at radius 2 is 1.59 bits per heavy atom. The van der Waals surface area contributed by atoms with Gasteiger partial charge in [0.05, 0.1) is 6.61 Å². The van der Waals surface area contributed by atoms with Crippen molar-refractivity contribution < 1.29 is 14.2 Å². The predicted octanol–water partition coefficient (Wildman–Crippen LogP) is 3.64. The van der Waals surface area contributed by atoms with Crippen molar-refractivity contribution in [3.63, 3.8) is 0 Å². The zero-order valence-corrected chi connectivity index (χ0v) is 18.6. The summed E-state index contributed by atoms with van der Waals surface area (Å²) in [7, 11) is 3.12. The van der Waals surface area contributed by atoms with E-state index in [9.17, 15) is 0 Å². The summed E-state index contributed by atoms with van der Waals surface area (Å²) in [6.45, 7) is 4.30. The molecular weight excluding hydrogens is 406 g/mol. The molecule has 2 aromatic carbocycles. The molecule has 0 aliphatic rings. The Morgan fingerprint density at radius 3 is 2.22 bits per heavy atom. The number of aromatic amines is 1. The maximum absolute atomic E-state index is 8.32. The van der Waals surface area contributed by atoms with Crippen LogP contribution in [0.15, 0.2) is 67.0 Å². The van der Waals surface area contributed by atoms with Crippen LogP contribution in [0.1, 0.15) is 30.8 Å². The molecular formula is C24H27N5O3. The number of methoxy groups -OCH3 is 2. The van der Waals surface area contributed by atoms with E-state index in [1.165, 1.54) is 6.33 Å². The molecule has 8 heteroatoms. The van der Waals surface area contributed by atoms with E-state index in [1.54, 1.807) is 18.8 Å². The van der Waals surface area contributed by atoms with Gasteiger partial charge in [-0.1, -0.05) is 60.7 Å². The van der Waals surface area contributed by atoms with E-state index in [2.05, 4.69) is 9.97 Å². The quantitative estimate of drug-likeness (QED) is 0.414. The highest BCUT2D eigenvalue weighted by Crippen LogP contribution is 2.31. The average molecular weight is 434 g/mol. The highest BCUT2D eigenvalue weighted by atomic mass is 16.7. The number of ether oxygens (including phenoxy) is 3. The summed E-state index contributed by atoms with van der Waals surface area (Å²) >= 11 is 0. The summed E-state index contributed by atoms with van der Waals surface area (Å²) in [6.07, 6.45) is 1.51. The van der Waals surface area contributed by atoms with Gasteiger partial charge in [-0.2, -0.15) is 0 Å². The van der Waals surface area contributed by atoms with Crippen molar-refractivity contribution in [1.82, 2.24) is 19.5 Å². The number of benzene rings is 2. The van der Waals surface area contributed by atoms with Gasteiger partial charge in [0, 0.05) is 19.8 Å². The van der Waals surface area contributed by atoms with Crippen molar-refractivity contribution in [2.75, 3.05) is 14.2 Å². The van der Waals surface area contributed by atoms with Crippen molar-refractivity contribution in [3.8, 4) is 0 Å². The fraction of sp³-hybridized carbons (Fsp3) is 0.292. The lowest BCUT2D eigenvalue weighted by atomic mass is 10.1. The second-order valence-corrected chi connectivity index (χ2v) is 7.89. The summed E-state index contributed by atoms with van der Waals surface area (Å²) in [5, 5.41) is 8.32. The van der Waals surface area contributed by atoms with Crippen molar-refractivity contribution in [2.24, 2.45) is 0 Å². The molecule has 0 amide bonds. The van der Waals surface area contributed by atoms with E-state index < -0.39 is 11.5 Å². The first-order valence-corrected chi connectivity index (χ1v) is 10.3. The third-order valence-corrected chi connectivity index (χ3v) is 5.47. The third kappa shape index (κ3) is 3.84. The molecule has 32 heavy (non-hydrogen) atoms. The van der Waals surface area contributed by atoms with Gasteiger partial charge in [-0.15, -0.1) is 0 Å². The molecule has 0 saturated heterocycles. The van der Waals surface area contributed by atoms with Crippen LogP contribution in [-0.2, 0) is 32.3 Å². The van der Waals surface area contributed by atoms with Gasteiger partial charge in [-0.3, -0.25) is 9.98 Å². The van der Waals surface area contributed by atoms with Gasteiger partial charge in [0.1, 0.15) is 23.3 Å². The Balaban J connectivity index is 1.80. The van der Waals surface area contributed by atoms with Gasteiger partial charge in [-0.05, 0) is 19.4 Å². The van der Waals surface area contributed by atoms with Crippen molar-refractivity contribution >= 4 is 11.2 Å². The normalized spacial score (nSPS) is 12.4. The van der Waals surface area contributed by atoms with Crippen LogP contribution in [0.2, 0.25) is 0 Å². The van der Waals surface area contributed by atoms with E-state index in [0.29, 0.717) is 23.6 Å². The molecule has 0 fully saturated rings. The van der Waals surface area contributed by atoms with E-state index in [1.807, 2.05) is 74.5 Å². The van der Waals surface area contributed by atoms with E-state index in [0.717, 1.165) is 11.1 Å². The second-order valence-electron chi connectivity index (χ2n) is 7.89. The monoisotopic (exact) mass is 433 g/mol. The Kier molecular flexibility index (Phi) is 5.92. The van der Waals surface area contributed by atoms with E-state index in [4.69, 9.17) is 24.6 Å². The zero-order chi connectivity index (χ0) is 22.8. The molecule has 2 aromatic heterocycles. The minimum absolute atomic E-state index is 0.0722. The van der Waals surface area contributed by atoms with Gasteiger partial charge in [0.15, 0.2) is 11.1 Å². The molecule has 0 radical (unpaired) electrons. The number of H-pyrrole nitrogens is 1. The number of fused-ring (bicyclic) bond motifs is 1. The summed E-state index contributed by atoms with van der Waals surface area (Å²) in [6, 6.07) is 19.5. The molecule has 0 aliphatic heterocycles. The van der Waals surface area contributed by atoms with Gasteiger partial charge >= 0.3 is 0 Å². The Morgan fingerprint density at radius 1 is 0.969 bits per heavy atom. The molecule has 0 aliphatic carbocycles. The predicted molar refractivity (Wildman–Crippen MR) is 120 cm³/mol. The molecule has 0 saturated carbocycles. The maximum Gasteiger partial charge on any atom is 0.286 e. The molecule has 0 bridgehead atoms. The minimum atomic E-state index is -1.30. The first-order chi connectivity index (χ1) is 15.4. The molecule has 0 spiro atoms. The number of aromatic nitrogens is 4. The average Bonchev–Trinajstić information content (AvgIpc) is 3.29. The fourth-order valence-corrected chi connectivity index (χ4v) is 3.65. The topological polar surface area (TPSA) is 98.0 Å². The summed E-state index contributed by atoms with van der Waals surface area (Å²) in [5.41, 5.74) is 2.10. The second kappa shape index (κ2) is 8.66. The number of rotatable bonds is 8. The van der Waals surface area contributed by atoms with Crippen LogP contribution in [0, 0.1) is 5.41 Å². The largest absolute Gasteiger partial charge is 0.363 e. The van der Waals surface area contributed by atoms with E-state index >= 15 is 0 Å². The van der Waals surface area contributed by atoms with Crippen LogP contribution in [-0.4, -0.2) is 33.7 Å². The fourth-order valence-electron chi connectivity index (χ4n) is 3.65. The zero-order valence-electron chi connectivity index (χ0n) is 18.6. The highest BCUT2D eigenvalue weighted by molar-refractivity contribution is 5.70. The standard InChI is InChI=1S/C24H27N5O3/c1-23(2,32-15-17-11-7-5-8-12-17)22-27-19-20(25)26-16-29(21(19)28-22)24(30-3,31-4)18-13-9-6-10-14-18/h5-14,16,25H,15H2,1-4H3,(H,27,28). The van der Waals surface area contributed by atoms with Crippen LogP contribution in [0.4, 0.5) is 0 Å². The van der Waals surface area contributed by atoms with Crippen LogP contribution in [0.5, 0.6) is 0 Å². The smallest absolute Gasteiger partial charge is 0.286 e. The van der Waals surface area contributed by atoms with E-state index in [-0.39, 0.29) is 5.49 Å². The molecule has 0 unspecified atom stereocenters. The third-order valence-electron chi connectivity index (χ3n) is 5.47. The van der Waals surface area contributed by atoms with Crippen molar-refractivity contribution in [1.29, 1.82) is 5.41 Å². The van der Waals surface area contributed by atoms with Gasteiger partial charge in [-0.25, -0.2) is 9.97 Å². The number of nitrogens with zero attached hydrogens (tertiary/aromatic N) is 3. The Bertz CT molecular complexity index is 1250. The molecule has 4 aromatic rings. The van der Waals surface area contributed by atoms with Gasteiger partial charge in [0.25, 0.3) is 5.91 Å². The van der Waals surface area contributed by atoms with Crippen LogP contribution in [0.25, 0.3) is 11.2 Å². The molecule has 2 heterocycles. The SMILES string of the molecule is COC(OC)(c1ccccc1)n1cnc(=N)c2[nH]c(C(C)(C)OCc3ccccc3)nc21. The first-order valence-electron chi connectivity index (χ1n) is 10.3. The lowest BCUT2D eigenvalue weighted by molar-refractivity contribution is -0.234. The number of hydrogen-bond donors (Lipinski definition) is 2. The maximum atomic E-state index is 8.32. The number of nitrogens with one attached hydrogen (secondary N) is 2. The van der Waals surface area contributed by atoms with Crippen molar-refractivity contribution in [2.45, 2.75) is 32.0 Å². The molecule has 4 rings (SSSR count). The minimum Gasteiger partial charge on any atom is -0.363 e. The lowest BCUT2D eigenvalue weighted by Crippen LogP contribution is -2.40. The summed E-state index contributed by atoms with van der Waals surface area (Å²) in [4.78, 5) is 12.3. The highest BCUT2D eigenvalue weighted by Gasteiger charge is 2.37. The Hall–Kier alpha value is -3.33. The summed E-state index contributed by atoms with van der Waals surface area (Å²) in [5.74, 6) is -0.727. The van der Waals surface area contributed by atoms with Crippen LogP contribution < -0.4 is 5.49 Å². The number of imidazole rings is 1. The van der Waals surface area contributed by atoms with Crippen molar-refractivity contribution in [3.05, 3.63) is 89.4 Å². The van der Waals surface area contributed by atoms with Crippen LogP contribution >= 0.6 is 0 Å². The number of hydrogen-bond acceptors (Lipinski definition) is 6. The van der Waals surface area contributed by atoms with Crippen LogP contribution in [0.3, 0.4) is 0 Å². The Labute approximate surface area is 186 Å². The summed E-state index contributed by atoms with van der Waals surface area (Å²) < 4.78 is 19.6. The molecule has 8 nitrogen and oxygen atoms in total. The van der Waals surface area contributed by atoms with Gasteiger partial charge in [0.2, 0.25) is 0 Å². The molecule has 2 N–H and O–H groups in total. The first kappa shape index (κ1) is 21.9. The van der Waals surface area contributed by atoms with Gasteiger partial charge < -0.3 is 19.2 Å².